The van der Waals surface area contributed by atoms with Crippen LogP contribution in [0.3, 0.4) is 0 Å². The zero-order valence-electron chi connectivity index (χ0n) is 9.39. The van der Waals surface area contributed by atoms with Gasteiger partial charge in [-0.05, 0) is 25.3 Å². The molecule has 0 bridgehead atoms. The molecule has 1 aromatic rings. The van der Waals surface area contributed by atoms with Gasteiger partial charge in [0, 0.05) is 12.8 Å². The number of hydrogen-bond donors (Lipinski definition) is 0. The van der Waals surface area contributed by atoms with E-state index < -0.39 is 0 Å². The van der Waals surface area contributed by atoms with Crippen LogP contribution in [-0.2, 0) is 9.47 Å². The third-order valence-electron chi connectivity index (χ3n) is 3.54. The molecule has 2 nitrogen and oxygen atoms in total. The lowest BCUT2D eigenvalue weighted by Crippen LogP contribution is -2.26. The first-order valence-electron chi connectivity index (χ1n) is 6.03. The van der Waals surface area contributed by atoms with Gasteiger partial charge < -0.3 is 9.47 Å². The third-order valence-corrected chi connectivity index (χ3v) is 3.54. The second-order valence-electron chi connectivity index (χ2n) is 4.72. The molecule has 1 spiro atoms. The Morgan fingerprint density at radius 3 is 2.44 bits per heavy atom. The van der Waals surface area contributed by atoms with Crippen molar-refractivity contribution >= 4 is 0 Å². The third kappa shape index (κ3) is 1.66. The second kappa shape index (κ2) is 3.86. The van der Waals surface area contributed by atoms with Gasteiger partial charge in [-0.2, -0.15) is 0 Å². The van der Waals surface area contributed by atoms with Gasteiger partial charge in [-0.15, -0.1) is 0 Å². The average molecular weight is 217 g/mol. The Morgan fingerprint density at radius 2 is 1.75 bits per heavy atom. The summed E-state index contributed by atoms with van der Waals surface area (Å²) in [6.07, 6.45) is 4.35. The van der Waals surface area contributed by atoms with Gasteiger partial charge in [0.2, 0.25) is 0 Å². The Morgan fingerprint density at radius 1 is 1.06 bits per heavy atom. The number of benzene rings is 1. The molecule has 2 aliphatic rings. The first-order valence-corrected chi connectivity index (χ1v) is 6.03. The number of hydrogen-bond acceptors (Lipinski definition) is 2. The van der Waals surface area contributed by atoms with Crippen molar-refractivity contribution in [2.45, 2.75) is 43.7 Å². The lowest BCUT2D eigenvalue weighted by atomic mass is 10.1. The molecule has 1 heterocycles. The van der Waals surface area contributed by atoms with E-state index in [0.717, 1.165) is 12.8 Å². The SMILES string of the molecule is [CH2][C@H]1OC2(CCCC2)O[C@@H]1c1ccccc1. The maximum absolute atomic E-state index is 6.12. The highest BCUT2D eigenvalue weighted by Crippen LogP contribution is 2.46. The van der Waals surface area contributed by atoms with Crippen LogP contribution in [-0.4, -0.2) is 11.9 Å². The van der Waals surface area contributed by atoms with Crippen LogP contribution < -0.4 is 0 Å². The normalized spacial score (nSPS) is 32.3. The van der Waals surface area contributed by atoms with E-state index in [-0.39, 0.29) is 18.0 Å². The Balaban J connectivity index is 1.83. The van der Waals surface area contributed by atoms with Crippen LogP contribution in [0.5, 0.6) is 0 Å². The Hall–Kier alpha value is -0.860. The highest BCUT2D eigenvalue weighted by Gasteiger charge is 2.47. The van der Waals surface area contributed by atoms with Gasteiger partial charge >= 0.3 is 0 Å². The van der Waals surface area contributed by atoms with E-state index >= 15 is 0 Å². The van der Waals surface area contributed by atoms with Crippen LogP contribution in [0.15, 0.2) is 30.3 Å². The largest absolute Gasteiger partial charge is 0.344 e. The van der Waals surface area contributed by atoms with Crippen LogP contribution in [0.2, 0.25) is 0 Å². The molecule has 85 valence electrons. The van der Waals surface area contributed by atoms with Crippen molar-refractivity contribution in [1.29, 1.82) is 0 Å². The molecule has 0 amide bonds. The molecule has 0 N–H and O–H groups in total. The monoisotopic (exact) mass is 217 g/mol. The molecule has 1 aromatic carbocycles. The quantitative estimate of drug-likeness (QED) is 0.719. The fourth-order valence-electron chi connectivity index (χ4n) is 2.75. The van der Waals surface area contributed by atoms with Gasteiger partial charge in [-0.3, -0.25) is 0 Å². The average Bonchev–Trinajstić information content (AvgIpc) is 2.88. The highest BCUT2D eigenvalue weighted by molar-refractivity contribution is 5.20. The Bertz CT molecular complexity index is 354. The zero-order chi connectivity index (χ0) is 11.0. The summed E-state index contributed by atoms with van der Waals surface area (Å²) in [7, 11) is 0. The number of ether oxygens (including phenoxy) is 2. The van der Waals surface area contributed by atoms with Gasteiger partial charge in [0.1, 0.15) is 6.10 Å². The minimum atomic E-state index is -0.326. The summed E-state index contributed by atoms with van der Waals surface area (Å²) >= 11 is 0. The molecule has 0 aromatic heterocycles. The van der Waals surface area contributed by atoms with Crippen LogP contribution in [0.4, 0.5) is 0 Å². The second-order valence-corrected chi connectivity index (χ2v) is 4.72. The maximum atomic E-state index is 6.12. The van der Waals surface area contributed by atoms with E-state index in [0.29, 0.717) is 0 Å². The predicted octanol–water partition coefficient (Wildman–Crippen LogP) is 3.25. The summed E-state index contributed by atoms with van der Waals surface area (Å²) in [5.41, 5.74) is 1.17. The molecule has 2 fully saturated rings. The van der Waals surface area contributed by atoms with Crippen LogP contribution >= 0.6 is 0 Å². The first kappa shape index (κ1) is 10.3. The van der Waals surface area contributed by atoms with Crippen molar-refractivity contribution in [3.8, 4) is 0 Å². The molecular weight excluding hydrogens is 200 g/mol. The first-order chi connectivity index (χ1) is 7.79. The fraction of sp³-hybridized carbons (Fsp3) is 0.500. The summed E-state index contributed by atoms with van der Waals surface area (Å²) in [4.78, 5) is 0. The van der Waals surface area contributed by atoms with Crippen molar-refractivity contribution in [3.05, 3.63) is 42.8 Å². The lowest BCUT2D eigenvalue weighted by molar-refractivity contribution is -0.167. The van der Waals surface area contributed by atoms with E-state index in [1.54, 1.807) is 0 Å². The van der Waals surface area contributed by atoms with E-state index in [2.05, 4.69) is 19.1 Å². The maximum Gasteiger partial charge on any atom is 0.169 e. The summed E-state index contributed by atoms with van der Waals surface area (Å²) in [5.74, 6) is -0.326. The van der Waals surface area contributed by atoms with Crippen molar-refractivity contribution in [2.75, 3.05) is 0 Å². The van der Waals surface area contributed by atoms with E-state index in [9.17, 15) is 0 Å². The molecular formula is C14H17O2. The summed E-state index contributed by atoms with van der Waals surface area (Å²) in [6, 6.07) is 10.2. The number of rotatable bonds is 1. The Kier molecular flexibility index (Phi) is 2.49. The molecule has 1 saturated heterocycles. The van der Waals surface area contributed by atoms with Crippen LogP contribution in [0.1, 0.15) is 37.4 Å². The molecule has 2 atom stereocenters. The van der Waals surface area contributed by atoms with E-state index in [1.807, 2.05) is 18.2 Å². The van der Waals surface area contributed by atoms with Crippen molar-refractivity contribution in [3.63, 3.8) is 0 Å². The molecule has 1 aliphatic carbocycles. The van der Waals surface area contributed by atoms with Crippen molar-refractivity contribution in [2.24, 2.45) is 0 Å². The predicted molar refractivity (Wildman–Crippen MR) is 61.7 cm³/mol. The van der Waals surface area contributed by atoms with Gasteiger partial charge in [0.05, 0.1) is 6.10 Å². The fourth-order valence-corrected chi connectivity index (χ4v) is 2.75. The van der Waals surface area contributed by atoms with E-state index in [4.69, 9.17) is 9.47 Å². The van der Waals surface area contributed by atoms with Gasteiger partial charge in [0.25, 0.3) is 0 Å². The minimum absolute atomic E-state index is 0.000648. The molecule has 0 unspecified atom stereocenters. The summed E-state index contributed by atoms with van der Waals surface area (Å²) < 4.78 is 12.1. The minimum Gasteiger partial charge on any atom is -0.344 e. The molecule has 2 heteroatoms. The summed E-state index contributed by atoms with van der Waals surface area (Å²) in [5, 5.41) is 0. The molecule has 16 heavy (non-hydrogen) atoms. The standard InChI is InChI=1S/C14H17O2/c1-11-13(12-7-3-2-4-8-12)16-14(15-11)9-5-6-10-14/h2-4,7-8,11,13H,1,5-6,9-10H2/t11-,13+/m1/s1. The molecule has 1 saturated carbocycles. The zero-order valence-corrected chi connectivity index (χ0v) is 9.39. The lowest BCUT2D eigenvalue weighted by Gasteiger charge is -2.21. The topological polar surface area (TPSA) is 18.5 Å². The van der Waals surface area contributed by atoms with E-state index in [1.165, 1.54) is 18.4 Å². The smallest absolute Gasteiger partial charge is 0.169 e. The van der Waals surface area contributed by atoms with Crippen molar-refractivity contribution in [1.82, 2.24) is 0 Å². The molecule has 1 radical (unpaired) electrons. The Labute approximate surface area is 96.6 Å². The van der Waals surface area contributed by atoms with Gasteiger partial charge in [-0.1, -0.05) is 30.3 Å². The van der Waals surface area contributed by atoms with Crippen LogP contribution in [0, 0.1) is 6.92 Å². The molecule has 1 aliphatic heterocycles. The molecule has 3 rings (SSSR count). The van der Waals surface area contributed by atoms with Gasteiger partial charge in [-0.25, -0.2) is 0 Å². The van der Waals surface area contributed by atoms with Crippen molar-refractivity contribution < 1.29 is 9.47 Å². The van der Waals surface area contributed by atoms with Crippen LogP contribution in [0.25, 0.3) is 0 Å². The summed E-state index contributed by atoms with van der Waals surface area (Å²) in [6.45, 7) is 4.07. The highest BCUT2D eigenvalue weighted by atomic mass is 16.8. The van der Waals surface area contributed by atoms with Gasteiger partial charge in [0.15, 0.2) is 5.79 Å².